The van der Waals surface area contributed by atoms with Crippen molar-refractivity contribution in [2.45, 2.75) is 5.03 Å². The maximum absolute atomic E-state index is 11.5. The molecule has 1 aromatic carbocycles. The fourth-order valence-electron chi connectivity index (χ4n) is 1.32. The number of carbonyl (C=O) groups excluding carboxylic acids is 1. The number of hydrogen-bond donors (Lipinski definition) is 2. The number of urea groups is 1. The molecule has 2 N–H and O–H groups in total. The number of benzene rings is 1. The first-order valence-corrected chi connectivity index (χ1v) is 7.35. The van der Waals surface area contributed by atoms with Gasteiger partial charge < -0.3 is 0 Å². The van der Waals surface area contributed by atoms with Gasteiger partial charge in [-0.15, -0.1) is 0 Å². The molecule has 21 heavy (non-hydrogen) atoms. The minimum Gasteiger partial charge on any atom is -0.275 e. The number of aromatic nitrogens is 1. The summed E-state index contributed by atoms with van der Waals surface area (Å²) in [5.41, 5.74) is 2.85. The molecule has 2 rings (SSSR count). The van der Waals surface area contributed by atoms with Gasteiger partial charge in [0, 0.05) is 23.7 Å². The van der Waals surface area contributed by atoms with Gasteiger partial charge in [-0.3, -0.25) is 4.72 Å². The number of carbonyl (C=O) groups is 1. The average Bonchev–Trinajstić information content (AvgIpc) is 2.49. The smallest absolute Gasteiger partial charge is 0.275 e. The van der Waals surface area contributed by atoms with E-state index in [1.807, 2.05) is 6.07 Å². The lowest BCUT2D eigenvalue weighted by Crippen LogP contribution is -2.27. The van der Waals surface area contributed by atoms with E-state index >= 15 is 0 Å². The van der Waals surface area contributed by atoms with Crippen LogP contribution in [0.1, 0.15) is 5.56 Å². The van der Waals surface area contributed by atoms with Crippen LogP contribution < -0.4 is 10.1 Å². The summed E-state index contributed by atoms with van der Waals surface area (Å²) in [7, 11) is 0. The van der Waals surface area contributed by atoms with Crippen molar-refractivity contribution in [3.63, 3.8) is 0 Å². The van der Waals surface area contributed by atoms with Gasteiger partial charge in [-0.2, -0.15) is 5.10 Å². The number of nitrogens with zero attached hydrogens (tertiary/aromatic N) is 2. The first kappa shape index (κ1) is 15.6. The lowest BCUT2D eigenvalue weighted by atomic mass is 10.2. The molecule has 0 spiro atoms. The van der Waals surface area contributed by atoms with Gasteiger partial charge in [0.25, 0.3) is 0 Å². The van der Waals surface area contributed by atoms with Crippen LogP contribution in [0.4, 0.5) is 4.79 Å². The molecule has 0 aliphatic rings. The van der Waals surface area contributed by atoms with E-state index in [4.69, 9.17) is 23.2 Å². The number of amides is 2. The molecule has 0 aliphatic carbocycles. The Morgan fingerprint density at radius 1 is 1.19 bits per heavy atom. The van der Waals surface area contributed by atoms with Crippen molar-refractivity contribution in [3.05, 3.63) is 58.2 Å². The second-order valence-corrected chi connectivity index (χ2v) is 5.35. The zero-order valence-corrected chi connectivity index (χ0v) is 12.9. The number of hydrogen-bond acceptors (Lipinski definition) is 4. The first-order chi connectivity index (χ1) is 10.2. The van der Waals surface area contributed by atoms with Crippen LogP contribution in [-0.2, 0) is 0 Å². The molecule has 5 nitrogen and oxygen atoms in total. The van der Waals surface area contributed by atoms with Crippen LogP contribution in [0.2, 0.25) is 10.0 Å². The third-order valence-corrected chi connectivity index (χ3v) is 3.64. The second kappa shape index (κ2) is 7.87. The molecule has 0 unspecified atom stereocenters. The van der Waals surface area contributed by atoms with Crippen molar-refractivity contribution in [2.24, 2.45) is 5.10 Å². The van der Waals surface area contributed by atoms with Gasteiger partial charge in [0.15, 0.2) is 0 Å². The Morgan fingerprint density at radius 3 is 2.62 bits per heavy atom. The summed E-state index contributed by atoms with van der Waals surface area (Å²) in [4.78, 5) is 15.6. The quantitative estimate of drug-likeness (QED) is 0.506. The summed E-state index contributed by atoms with van der Waals surface area (Å²) in [6.45, 7) is 0. The van der Waals surface area contributed by atoms with E-state index in [9.17, 15) is 4.79 Å². The largest absolute Gasteiger partial charge is 0.345 e. The molecule has 8 heteroatoms. The van der Waals surface area contributed by atoms with Crippen LogP contribution in [0.3, 0.4) is 0 Å². The Morgan fingerprint density at radius 2 is 1.95 bits per heavy atom. The fourth-order valence-corrected chi connectivity index (χ4v) is 2.32. The summed E-state index contributed by atoms with van der Waals surface area (Å²) in [6.07, 6.45) is 3.02. The number of rotatable bonds is 4. The van der Waals surface area contributed by atoms with Gasteiger partial charge in [0.1, 0.15) is 5.03 Å². The standard InChI is InChI=1S/C13H10Cl2N4OS/c14-10-4-3-5-11(15)9(10)8-17-18-13(20)19-21-12-6-1-2-7-16-12/h1-8H,(H2,18,19,20)/b17-8+. The molecule has 2 amide bonds. The molecule has 0 radical (unpaired) electrons. The van der Waals surface area contributed by atoms with E-state index in [1.165, 1.54) is 6.21 Å². The Balaban J connectivity index is 1.85. The SMILES string of the molecule is O=C(N/N=C/c1c(Cl)cccc1Cl)NSc1ccccn1. The fraction of sp³-hybridized carbons (Fsp3) is 0. The van der Waals surface area contributed by atoms with E-state index in [0.29, 0.717) is 20.6 Å². The zero-order valence-electron chi connectivity index (χ0n) is 10.6. The summed E-state index contributed by atoms with van der Waals surface area (Å²) >= 11 is 13.0. The number of hydrazone groups is 1. The van der Waals surface area contributed by atoms with Gasteiger partial charge in [-0.1, -0.05) is 35.3 Å². The van der Waals surface area contributed by atoms with E-state index in [1.54, 1.807) is 36.5 Å². The lowest BCUT2D eigenvalue weighted by molar-refractivity contribution is 0.247. The molecule has 0 aliphatic heterocycles. The van der Waals surface area contributed by atoms with Crippen molar-refractivity contribution < 1.29 is 4.79 Å². The topological polar surface area (TPSA) is 66.4 Å². The van der Waals surface area contributed by atoms with Crippen molar-refractivity contribution in [1.82, 2.24) is 15.1 Å². The zero-order chi connectivity index (χ0) is 15.1. The van der Waals surface area contributed by atoms with E-state index in [-0.39, 0.29) is 0 Å². The van der Waals surface area contributed by atoms with Crippen molar-refractivity contribution in [3.8, 4) is 0 Å². The number of nitrogens with one attached hydrogen (secondary N) is 2. The van der Waals surface area contributed by atoms with Crippen molar-refractivity contribution in [2.75, 3.05) is 0 Å². The minimum atomic E-state index is -0.481. The van der Waals surface area contributed by atoms with Crippen molar-refractivity contribution in [1.29, 1.82) is 0 Å². The summed E-state index contributed by atoms with van der Waals surface area (Å²) in [5.74, 6) is 0. The minimum absolute atomic E-state index is 0.455. The summed E-state index contributed by atoms with van der Waals surface area (Å²) < 4.78 is 2.54. The molecular weight excluding hydrogens is 331 g/mol. The monoisotopic (exact) mass is 340 g/mol. The van der Waals surface area contributed by atoms with Gasteiger partial charge in [0.2, 0.25) is 0 Å². The highest BCUT2D eigenvalue weighted by Crippen LogP contribution is 2.21. The maximum atomic E-state index is 11.5. The molecule has 0 saturated carbocycles. The van der Waals surface area contributed by atoms with Gasteiger partial charge in [0.05, 0.1) is 16.3 Å². The van der Waals surface area contributed by atoms with Crippen molar-refractivity contribution >= 4 is 47.4 Å². The molecule has 0 fully saturated rings. The van der Waals surface area contributed by atoms with Gasteiger partial charge in [-0.05, 0) is 24.3 Å². The van der Waals surface area contributed by atoms with Crippen LogP contribution in [0, 0.1) is 0 Å². The Labute approximate surface area is 135 Å². The van der Waals surface area contributed by atoms with Crippen LogP contribution in [0.25, 0.3) is 0 Å². The third-order valence-electron chi connectivity index (χ3n) is 2.25. The average molecular weight is 341 g/mol. The van der Waals surface area contributed by atoms with Crippen LogP contribution >= 0.6 is 35.1 Å². The van der Waals surface area contributed by atoms with Crippen LogP contribution in [-0.4, -0.2) is 17.2 Å². The number of halogens is 2. The molecule has 0 saturated heterocycles. The van der Waals surface area contributed by atoms with Gasteiger partial charge >= 0.3 is 6.03 Å². The summed E-state index contributed by atoms with van der Waals surface area (Å²) in [5, 5.41) is 5.37. The molecule has 108 valence electrons. The van der Waals surface area contributed by atoms with E-state index in [2.05, 4.69) is 20.2 Å². The Bertz CT molecular complexity index is 632. The highest BCUT2D eigenvalue weighted by Gasteiger charge is 2.03. The molecule has 2 aromatic rings. The highest BCUT2D eigenvalue weighted by atomic mass is 35.5. The van der Waals surface area contributed by atoms with E-state index < -0.39 is 6.03 Å². The predicted molar refractivity (Wildman–Crippen MR) is 85.8 cm³/mol. The molecule has 0 bridgehead atoms. The van der Waals surface area contributed by atoms with Crippen LogP contribution in [0.5, 0.6) is 0 Å². The Kier molecular flexibility index (Phi) is 5.86. The number of pyridine rings is 1. The normalized spacial score (nSPS) is 10.6. The van der Waals surface area contributed by atoms with E-state index in [0.717, 1.165) is 11.9 Å². The molecule has 1 aromatic heterocycles. The third kappa shape index (κ3) is 4.93. The predicted octanol–water partition coefficient (Wildman–Crippen LogP) is 3.73. The maximum Gasteiger partial charge on any atom is 0.345 e. The second-order valence-electron chi connectivity index (χ2n) is 3.71. The molecule has 0 atom stereocenters. The molecular formula is C13H10Cl2N4OS. The molecule has 1 heterocycles. The lowest BCUT2D eigenvalue weighted by Gasteiger charge is -2.03. The Hall–Kier alpha value is -1.76. The summed E-state index contributed by atoms with van der Waals surface area (Å²) in [6, 6.07) is 10.0. The first-order valence-electron chi connectivity index (χ1n) is 5.78. The van der Waals surface area contributed by atoms with Gasteiger partial charge in [-0.25, -0.2) is 15.2 Å². The highest BCUT2D eigenvalue weighted by molar-refractivity contribution is 7.97. The van der Waals surface area contributed by atoms with Crippen LogP contribution in [0.15, 0.2) is 52.7 Å².